The van der Waals surface area contributed by atoms with Gasteiger partial charge in [0, 0.05) is 24.5 Å². The van der Waals surface area contributed by atoms with Crippen LogP contribution in [0.15, 0.2) is 43.0 Å². The molecule has 0 unspecified atom stereocenters. The molecule has 3 heterocycles. The van der Waals surface area contributed by atoms with Crippen molar-refractivity contribution in [2.45, 2.75) is 32.0 Å². The summed E-state index contributed by atoms with van der Waals surface area (Å²) in [6.45, 7) is 2.49. The van der Waals surface area contributed by atoms with Crippen molar-refractivity contribution in [2.24, 2.45) is 0 Å². The summed E-state index contributed by atoms with van der Waals surface area (Å²) in [5, 5.41) is 0. The average Bonchev–Trinajstić information content (AvgIpc) is 2.79. The zero-order valence-corrected chi connectivity index (χ0v) is 17.5. The summed E-state index contributed by atoms with van der Waals surface area (Å²) in [6, 6.07) is 5.02. The molecule has 0 bridgehead atoms. The number of hydrogen-bond acceptors (Lipinski definition) is 6. The molecular weight excluding hydrogens is 442 g/mol. The number of aryl methyl sites for hydroxylation is 1. The fourth-order valence-corrected chi connectivity index (χ4v) is 3.65. The Morgan fingerprint density at radius 3 is 2.45 bits per heavy atom. The molecule has 11 heteroatoms. The first-order valence-corrected chi connectivity index (χ1v) is 10.1. The van der Waals surface area contributed by atoms with Gasteiger partial charge in [0.15, 0.2) is 11.6 Å². The number of piperidine rings is 1. The molecule has 33 heavy (non-hydrogen) atoms. The highest BCUT2D eigenvalue weighted by Crippen LogP contribution is 2.29. The molecule has 4 rings (SSSR count). The highest BCUT2D eigenvalue weighted by atomic mass is 19.4. The third kappa shape index (κ3) is 5.07. The van der Waals surface area contributed by atoms with Crippen LogP contribution >= 0.6 is 0 Å². The van der Waals surface area contributed by atoms with Crippen LogP contribution in [0.1, 0.15) is 34.3 Å². The zero-order chi connectivity index (χ0) is 23.6. The number of likely N-dealkylation sites (tertiary alicyclic amines) is 1. The van der Waals surface area contributed by atoms with E-state index in [1.54, 1.807) is 17.0 Å². The first-order chi connectivity index (χ1) is 15.7. The van der Waals surface area contributed by atoms with Crippen molar-refractivity contribution in [1.29, 1.82) is 0 Å². The quantitative estimate of drug-likeness (QED) is 0.545. The molecule has 0 aliphatic carbocycles. The molecule has 0 N–H and O–H groups in total. The normalized spacial score (nSPS) is 16.5. The number of halogens is 4. The molecule has 1 aromatic carbocycles. The van der Waals surface area contributed by atoms with Crippen LogP contribution in [0.2, 0.25) is 0 Å². The third-order valence-corrected chi connectivity index (χ3v) is 5.24. The van der Waals surface area contributed by atoms with E-state index in [2.05, 4.69) is 19.9 Å². The Morgan fingerprint density at radius 1 is 1.09 bits per heavy atom. The van der Waals surface area contributed by atoms with E-state index in [0.29, 0.717) is 42.9 Å². The van der Waals surface area contributed by atoms with Crippen LogP contribution in [-0.4, -0.2) is 49.9 Å². The van der Waals surface area contributed by atoms with Gasteiger partial charge in [-0.3, -0.25) is 4.79 Å². The van der Waals surface area contributed by atoms with E-state index in [1.807, 2.05) is 13.0 Å². The Morgan fingerprint density at radius 2 is 1.79 bits per heavy atom. The summed E-state index contributed by atoms with van der Waals surface area (Å²) in [5.74, 6) is -0.620. The van der Waals surface area contributed by atoms with Crippen molar-refractivity contribution in [3.05, 3.63) is 65.5 Å². The Labute approximate surface area is 186 Å². The van der Waals surface area contributed by atoms with E-state index < -0.39 is 23.7 Å². The number of rotatable bonds is 4. The molecule has 0 saturated carbocycles. The summed E-state index contributed by atoms with van der Waals surface area (Å²) < 4.78 is 57.0. The smallest absolute Gasteiger partial charge is 0.419 e. The predicted molar refractivity (Wildman–Crippen MR) is 109 cm³/mol. The minimum atomic E-state index is -4.54. The van der Waals surface area contributed by atoms with Gasteiger partial charge in [0.1, 0.15) is 6.10 Å². The van der Waals surface area contributed by atoms with E-state index in [0.717, 1.165) is 18.0 Å². The molecule has 0 spiro atoms. The Balaban J connectivity index is 1.52. The second-order valence-corrected chi connectivity index (χ2v) is 7.61. The maximum atomic E-state index is 13.4. The summed E-state index contributed by atoms with van der Waals surface area (Å²) in [4.78, 5) is 30.2. The van der Waals surface area contributed by atoms with E-state index in [1.165, 1.54) is 0 Å². The molecule has 7 nitrogen and oxygen atoms in total. The minimum Gasteiger partial charge on any atom is -0.458 e. The van der Waals surface area contributed by atoms with Crippen molar-refractivity contribution in [1.82, 2.24) is 24.8 Å². The van der Waals surface area contributed by atoms with Gasteiger partial charge in [0.25, 0.3) is 5.91 Å². The summed E-state index contributed by atoms with van der Waals surface area (Å²) in [5.41, 5.74) is 0.672. The van der Waals surface area contributed by atoms with E-state index in [4.69, 9.17) is 4.74 Å². The van der Waals surface area contributed by atoms with Gasteiger partial charge in [-0.15, -0.1) is 0 Å². The van der Waals surface area contributed by atoms with Crippen LogP contribution in [0.4, 0.5) is 17.6 Å². The van der Waals surface area contributed by atoms with Gasteiger partial charge < -0.3 is 9.64 Å². The Kier molecular flexibility index (Phi) is 6.21. The van der Waals surface area contributed by atoms with Crippen molar-refractivity contribution in [3.8, 4) is 17.4 Å². The second-order valence-electron chi connectivity index (χ2n) is 7.61. The standard InChI is InChI=1S/C22H19F4N5O2/c1-13-4-2-6-17(18(13)19-27-10-15(23)11-28-19)20(32)31-7-3-5-16(12-31)33-21-29-8-14(9-30-21)22(24,25)26/h2,4,6,8-11,16H,3,5,7,12H2,1H3/t16-/m1/s1. The van der Waals surface area contributed by atoms with E-state index in [9.17, 15) is 22.4 Å². The van der Waals surface area contributed by atoms with Gasteiger partial charge in [0.2, 0.25) is 0 Å². The lowest BCUT2D eigenvalue weighted by Crippen LogP contribution is -2.44. The van der Waals surface area contributed by atoms with Crippen molar-refractivity contribution in [3.63, 3.8) is 0 Å². The molecule has 0 radical (unpaired) electrons. The van der Waals surface area contributed by atoms with E-state index in [-0.39, 0.29) is 24.3 Å². The van der Waals surface area contributed by atoms with Gasteiger partial charge in [-0.05, 0) is 31.4 Å². The number of benzene rings is 1. The number of nitrogens with zero attached hydrogens (tertiary/aromatic N) is 5. The average molecular weight is 461 g/mol. The van der Waals surface area contributed by atoms with Crippen LogP contribution < -0.4 is 4.74 Å². The van der Waals surface area contributed by atoms with Crippen molar-refractivity contribution < 1.29 is 27.1 Å². The van der Waals surface area contributed by atoms with Gasteiger partial charge in [-0.2, -0.15) is 13.2 Å². The fraction of sp³-hybridized carbons (Fsp3) is 0.318. The van der Waals surface area contributed by atoms with Gasteiger partial charge in [-0.25, -0.2) is 24.3 Å². The number of carbonyl (C=O) groups excluding carboxylic acids is 1. The molecule has 1 fully saturated rings. The first kappa shape index (κ1) is 22.6. The van der Waals surface area contributed by atoms with Crippen molar-refractivity contribution in [2.75, 3.05) is 13.1 Å². The zero-order valence-electron chi connectivity index (χ0n) is 17.5. The molecule has 3 aromatic rings. The second kappa shape index (κ2) is 9.08. The summed E-state index contributed by atoms with van der Waals surface area (Å²) in [7, 11) is 0. The van der Waals surface area contributed by atoms with Crippen molar-refractivity contribution >= 4 is 5.91 Å². The van der Waals surface area contributed by atoms with Crippen LogP contribution in [0, 0.1) is 12.7 Å². The molecule has 1 saturated heterocycles. The molecule has 172 valence electrons. The topological polar surface area (TPSA) is 81.1 Å². The van der Waals surface area contributed by atoms with Crippen LogP contribution in [0.25, 0.3) is 11.4 Å². The summed E-state index contributed by atoms with van der Waals surface area (Å²) in [6.07, 6.45) is -0.385. The number of hydrogen-bond donors (Lipinski definition) is 0. The van der Waals surface area contributed by atoms with Gasteiger partial charge >= 0.3 is 12.2 Å². The third-order valence-electron chi connectivity index (χ3n) is 5.24. The van der Waals surface area contributed by atoms with E-state index >= 15 is 0 Å². The van der Waals surface area contributed by atoms with Crippen LogP contribution in [-0.2, 0) is 6.18 Å². The fourth-order valence-electron chi connectivity index (χ4n) is 3.65. The lowest BCUT2D eigenvalue weighted by molar-refractivity contribution is -0.138. The predicted octanol–water partition coefficient (Wildman–Crippen LogP) is 4.08. The SMILES string of the molecule is Cc1cccc(C(=O)N2CCC[C@@H](Oc3ncc(C(F)(F)F)cn3)C2)c1-c1ncc(F)cn1. The molecular formula is C22H19F4N5O2. The molecule has 2 aromatic heterocycles. The number of alkyl halides is 3. The molecule has 1 amide bonds. The van der Waals surface area contributed by atoms with Gasteiger partial charge in [0.05, 0.1) is 30.1 Å². The largest absolute Gasteiger partial charge is 0.458 e. The highest BCUT2D eigenvalue weighted by molar-refractivity contribution is 6.00. The van der Waals surface area contributed by atoms with Crippen LogP contribution in [0.3, 0.4) is 0 Å². The first-order valence-electron chi connectivity index (χ1n) is 10.1. The monoisotopic (exact) mass is 461 g/mol. The maximum absolute atomic E-state index is 13.4. The highest BCUT2D eigenvalue weighted by Gasteiger charge is 2.32. The maximum Gasteiger partial charge on any atom is 0.419 e. The lowest BCUT2D eigenvalue weighted by atomic mass is 9.98. The van der Waals surface area contributed by atoms with Crippen LogP contribution in [0.5, 0.6) is 6.01 Å². The minimum absolute atomic E-state index is 0.182. The number of ether oxygens (including phenoxy) is 1. The molecule has 1 atom stereocenters. The Hall–Kier alpha value is -3.63. The Bertz CT molecular complexity index is 1140. The van der Waals surface area contributed by atoms with Gasteiger partial charge in [-0.1, -0.05) is 12.1 Å². The molecule has 1 aliphatic rings. The lowest BCUT2D eigenvalue weighted by Gasteiger charge is -2.33. The summed E-state index contributed by atoms with van der Waals surface area (Å²) >= 11 is 0. The number of carbonyl (C=O) groups is 1. The number of aromatic nitrogens is 4. The molecule has 1 aliphatic heterocycles. The number of amides is 1.